The third-order valence-corrected chi connectivity index (χ3v) is 3.80. The number of β-amino-alcohol motifs (C(OH)–C–C–N with tert-alkyl or cyclic N) is 1. The third kappa shape index (κ3) is 4.01. The molecule has 1 aromatic rings. The van der Waals surface area contributed by atoms with Crippen molar-refractivity contribution >= 4 is 29.1 Å². The number of carbonyl (C=O) groups excluding carboxylic acids is 1. The van der Waals surface area contributed by atoms with Crippen LogP contribution < -0.4 is 4.74 Å². The summed E-state index contributed by atoms with van der Waals surface area (Å²) in [5, 5.41) is 10.9. The summed E-state index contributed by atoms with van der Waals surface area (Å²) in [7, 11) is 0. The molecular formula is C14H17Cl2NO3. The Kier molecular flexibility index (Phi) is 4.78. The maximum Gasteiger partial charge on any atom is 0.260 e. The highest BCUT2D eigenvalue weighted by molar-refractivity contribution is 6.35. The van der Waals surface area contributed by atoms with Crippen LogP contribution in [0.5, 0.6) is 5.75 Å². The van der Waals surface area contributed by atoms with Crippen LogP contribution in [0.1, 0.15) is 19.8 Å². The topological polar surface area (TPSA) is 49.8 Å². The van der Waals surface area contributed by atoms with Crippen molar-refractivity contribution in [2.24, 2.45) is 0 Å². The van der Waals surface area contributed by atoms with Gasteiger partial charge in [0.2, 0.25) is 0 Å². The second kappa shape index (κ2) is 6.20. The van der Waals surface area contributed by atoms with Gasteiger partial charge in [-0.2, -0.15) is 0 Å². The summed E-state index contributed by atoms with van der Waals surface area (Å²) in [4.78, 5) is 13.7. The van der Waals surface area contributed by atoms with Gasteiger partial charge in [0.25, 0.3) is 5.91 Å². The first-order valence-electron chi connectivity index (χ1n) is 6.45. The fourth-order valence-corrected chi connectivity index (χ4v) is 2.72. The molecule has 0 bridgehead atoms. The summed E-state index contributed by atoms with van der Waals surface area (Å²) < 4.78 is 5.41. The molecule has 1 aliphatic heterocycles. The fourth-order valence-electron chi connectivity index (χ4n) is 2.26. The summed E-state index contributed by atoms with van der Waals surface area (Å²) in [6.45, 7) is 2.62. The number of likely N-dealkylation sites (tertiary alicyclic amines) is 1. The van der Waals surface area contributed by atoms with E-state index in [0.29, 0.717) is 35.3 Å². The lowest BCUT2D eigenvalue weighted by molar-refractivity contribution is -0.139. The predicted octanol–water partition coefficient (Wildman–Crippen LogP) is 2.75. The van der Waals surface area contributed by atoms with Gasteiger partial charge in [0, 0.05) is 18.1 Å². The van der Waals surface area contributed by atoms with Gasteiger partial charge in [-0.15, -0.1) is 0 Å². The van der Waals surface area contributed by atoms with E-state index in [1.54, 1.807) is 30.0 Å². The number of hydrogen-bond acceptors (Lipinski definition) is 3. The minimum atomic E-state index is -0.814. The molecule has 1 amide bonds. The summed E-state index contributed by atoms with van der Waals surface area (Å²) >= 11 is 11.8. The second-order valence-corrected chi connectivity index (χ2v) is 6.12. The van der Waals surface area contributed by atoms with E-state index < -0.39 is 5.60 Å². The fraction of sp³-hybridized carbons (Fsp3) is 0.500. The number of carbonyl (C=O) groups is 1. The lowest BCUT2D eigenvalue weighted by atomic mass is 9.95. The zero-order valence-electron chi connectivity index (χ0n) is 11.2. The first-order valence-corrected chi connectivity index (χ1v) is 7.21. The van der Waals surface area contributed by atoms with Gasteiger partial charge in [-0.05, 0) is 38.0 Å². The average Bonchev–Trinajstić information content (AvgIpc) is 2.36. The maximum absolute atomic E-state index is 12.1. The molecule has 1 N–H and O–H groups in total. The number of halogens is 2. The molecule has 1 heterocycles. The summed E-state index contributed by atoms with van der Waals surface area (Å²) in [5.41, 5.74) is -0.814. The Bertz CT molecular complexity index is 505. The largest absolute Gasteiger partial charge is 0.482 e. The van der Waals surface area contributed by atoms with Crippen LogP contribution in [0.15, 0.2) is 18.2 Å². The van der Waals surface area contributed by atoms with Crippen molar-refractivity contribution in [3.05, 3.63) is 28.2 Å². The zero-order chi connectivity index (χ0) is 14.8. The van der Waals surface area contributed by atoms with E-state index in [9.17, 15) is 9.90 Å². The van der Waals surface area contributed by atoms with E-state index in [2.05, 4.69) is 0 Å². The molecule has 1 aromatic carbocycles. The monoisotopic (exact) mass is 317 g/mol. The molecule has 1 saturated heterocycles. The van der Waals surface area contributed by atoms with E-state index >= 15 is 0 Å². The van der Waals surface area contributed by atoms with Crippen molar-refractivity contribution in [2.75, 3.05) is 19.7 Å². The molecule has 1 fully saturated rings. The van der Waals surface area contributed by atoms with Crippen LogP contribution in [0, 0.1) is 0 Å². The lowest BCUT2D eigenvalue weighted by Crippen LogP contribution is -2.49. The van der Waals surface area contributed by atoms with E-state index in [4.69, 9.17) is 27.9 Å². The van der Waals surface area contributed by atoms with Crippen LogP contribution in [0.25, 0.3) is 0 Å². The highest BCUT2D eigenvalue weighted by atomic mass is 35.5. The number of amides is 1. The van der Waals surface area contributed by atoms with E-state index in [1.807, 2.05) is 0 Å². The van der Waals surface area contributed by atoms with Crippen LogP contribution in [-0.2, 0) is 4.79 Å². The highest BCUT2D eigenvalue weighted by Crippen LogP contribution is 2.27. The quantitative estimate of drug-likeness (QED) is 0.932. The highest BCUT2D eigenvalue weighted by Gasteiger charge is 2.30. The molecule has 4 nitrogen and oxygen atoms in total. The Labute approximate surface area is 128 Å². The van der Waals surface area contributed by atoms with Gasteiger partial charge < -0.3 is 14.7 Å². The van der Waals surface area contributed by atoms with Gasteiger partial charge in [-0.25, -0.2) is 0 Å². The molecule has 0 saturated carbocycles. The molecule has 6 heteroatoms. The van der Waals surface area contributed by atoms with Crippen molar-refractivity contribution in [3.8, 4) is 5.75 Å². The zero-order valence-corrected chi connectivity index (χ0v) is 12.7. The van der Waals surface area contributed by atoms with Crippen LogP contribution in [0.4, 0.5) is 0 Å². The Morgan fingerprint density at radius 3 is 2.90 bits per heavy atom. The number of ether oxygens (including phenoxy) is 1. The summed E-state index contributed by atoms with van der Waals surface area (Å²) in [6, 6.07) is 4.85. The molecule has 1 unspecified atom stereocenters. The van der Waals surface area contributed by atoms with Gasteiger partial charge in [0.15, 0.2) is 6.61 Å². The van der Waals surface area contributed by atoms with Crippen molar-refractivity contribution in [2.45, 2.75) is 25.4 Å². The number of hydrogen-bond donors (Lipinski definition) is 1. The van der Waals surface area contributed by atoms with Crippen LogP contribution >= 0.6 is 23.2 Å². The normalized spacial score (nSPS) is 22.7. The van der Waals surface area contributed by atoms with Gasteiger partial charge in [0.1, 0.15) is 5.75 Å². The van der Waals surface area contributed by atoms with Gasteiger partial charge >= 0.3 is 0 Å². The summed E-state index contributed by atoms with van der Waals surface area (Å²) in [6.07, 6.45) is 1.50. The molecule has 0 aliphatic carbocycles. The van der Waals surface area contributed by atoms with Crippen molar-refractivity contribution < 1.29 is 14.6 Å². The number of piperidine rings is 1. The minimum Gasteiger partial charge on any atom is -0.482 e. The Hall–Kier alpha value is -0.970. The molecular weight excluding hydrogens is 301 g/mol. The maximum atomic E-state index is 12.1. The predicted molar refractivity (Wildman–Crippen MR) is 78.4 cm³/mol. The first-order chi connectivity index (χ1) is 9.37. The molecule has 1 aliphatic rings. The average molecular weight is 318 g/mol. The van der Waals surface area contributed by atoms with Crippen molar-refractivity contribution in [1.82, 2.24) is 4.90 Å². The molecule has 1 atom stereocenters. The Morgan fingerprint density at radius 2 is 2.25 bits per heavy atom. The molecule has 20 heavy (non-hydrogen) atoms. The molecule has 110 valence electrons. The van der Waals surface area contributed by atoms with E-state index in [0.717, 1.165) is 6.42 Å². The summed E-state index contributed by atoms with van der Waals surface area (Å²) in [5.74, 6) is 0.268. The van der Waals surface area contributed by atoms with Gasteiger partial charge in [-0.3, -0.25) is 4.79 Å². The number of nitrogens with zero attached hydrogens (tertiary/aromatic N) is 1. The van der Waals surface area contributed by atoms with Gasteiger partial charge in [0.05, 0.1) is 10.6 Å². The minimum absolute atomic E-state index is 0.0998. The molecule has 0 radical (unpaired) electrons. The lowest BCUT2D eigenvalue weighted by Gasteiger charge is -2.36. The Morgan fingerprint density at radius 1 is 1.50 bits per heavy atom. The van der Waals surface area contributed by atoms with Crippen molar-refractivity contribution in [3.63, 3.8) is 0 Å². The SMILES string of the molecule is CC1(O)CCCN(C(=O)COc2ccc(Cl)cc2Cl)C1. The molecule has 2 rings (SSSR count). The van der Waals surface area contributed by atoms with E-state index in [-0.39, 0.29) is 12.5 Å². The number of benzene rings is 1. The second-order valence-electron chi connectivity index (χ2n) is 5.28. The Balaban J connectivity index is 1.92. The van der Waals surface area contributed by atoms with Crippen LogP contribution in [0.2, 0.25) is 10.0 Å². The number of rotatable bonds is 3. The third-order valence-electron chi connectivity index (χ3n) is 3.27. The van der Waals surface area contributed by atoms with Crippen LogP contribution in [0.3, 0.4) is 0 Å². The first kappa shape index (κ1) is 15.4. The van der Waals surface area contributed by atoms with Crippen molar-refractivity contribution in [1.29, 1.82) is 0 Å². The number of aliphatic hydroxyl groups is 1. The molecule has 0 aromatic heterocycles. The smallest absolute Gasteiger partial charge is 0.260 e. The molecule has 0 spiro atoms. The van der Waals surface area contributed by atoms with Crippen LogP contribution in [-0.4, -0.2) is 41.2 Å². The van der Waals surface area contributed by atoms with E-state index in [1.165, 1.54) is 0 Å². The van der Waals surface area contributed by atoms with Gasteiger partial charge in [-0.1, -0.05) is 23.2 Å². The standard InChI is InChI=1S/C14H17Cl2NO3/c1-14(19)5-2-6-17(9-14)13(18)8-20-12-4-3-10(15)7-11(12)16/h3-4,7,19H,2,5-6,8-9H2,1H3.